The number of hydrogen-bond donors (Lipinski definition) is 1. The molecule has 0 aromatic carbocycles. The molecule has 0 saturated carbocycles. The van der Waals surface area contributed by atoms with Gasteiger partial charge < -0.3 is 5.73 Å². The van der Waals surface area contributed by atoms with Gasteiger partial charge in [-0.3, -0.25) is 4.79 Å². The number of allylic oxidation sites excluding steroid dienone is 5. The molecule has 0 rings (SSSR count). The number of hydrogen-bond acceptors (Lipinski definition) is 2. The fraction of sp³-hybridized carbons (Fsp3) is 0.300. The quantitative estimate of drug-likeness (QED) is 0.431. The molecule has 0 spiro atoms. The van der Waals surface area contributed by atoms with E-state index in [1.165, 1.54) is 6.92 Å². The minimum atomic E-state index is 0.0160. The van der Waals surface area contributed by atoms with Crippen LogP contribution in [0.15, 0.2) is 34.5 Å². The maximum Gasteiger partial charge on any atom is 0.156 e. The molecule has 0 atom stereocenters. The van der Waals surface area contributed by atoms with Gasteiger partial charge in [0.25, 0.3) is 0 Å². The Labute approximate surface area is 83.8 Å². The topological polar surface area (TPSA) is 43.1 Å². The molecule has 72 valence electrons. The zero-order chi connectivity index (χ0) is 10.4. The maximum absolute atomic E-state index is 11.0. The molecule has 2 nitrogen and oxygen atoms in total. The number of nitrogens with two attached hydrogens (primary N) is 1. The van der Waals surface area contributed by atoms with E-state index in [0.29, 0.717) is 5.57 Å². The van der Waals surface area contributed by atoms with Crippen molar-refractivity contribution < 1.29 is 4.79 Å². The van der Waals surface area contributed by atoms with Crippen molar-refractivity contribution in [2.24, 2.45) is 5.73 Å². The molecule has 0 saturated heterocycles. The molecule has 0 heterocycles. The summed E-state index contributed by atoms with van der Waals surface area (Å²) in [5, 5.41) is 0.175. The monoisotopic (exact) mass is 199 g/mol. The molecule has 13 heavy (non-hydrogen) atoms. The van der Waals surface area contributed by atoms with Gasteiger partial charge in [0.1, 0.15) is 0 Å². The molecular weight excluding hydrogens is 186 g/mol. The Morgan fingerprint density at radius 1 is 1.38 bits per heavy atom. The zero-order valence-corrected chi connectivity index (χ0v) is 8.85. The van der Waals surface area contributed by atoms with Crippen LogP contribution in [0.25, 0.3) is 0 Å². The molecule has 0 radical (unpaired) electrons. The first-order chi connectivity index (χ1) is 5.99. The van der Waals surface area contributed by atoms with E-state index < -0.39 is 0 Å². The van der Waals surface area contributed by atoms with Crippen LogP contribution in [-0.4, -0.2) is 5.78 Å². The van der Waals surface area contributed by atoms with Gasteiger partial charge in [0.2, 0.25) is 0 Å². The highest BCUT2D eigenvalue weighted by atomic mass is 35.5. The van der Waals surface area contributed by atoms with Crippen LogP contribution in [0.5, 0.6) is 0 Å². The first kappa shape index (κ1) is 12.0. The summed E-state index contributed by atoms with van der Waals surface area (Å²) in [6.45, 7) is 5.12. The average Bonchev–Trinajstić information content (AvgIpc) is 2.01. The van der Waals surface area contributed by atoms with Crippen molar-refractivity contribution in [3.63, 3.8) is 0 Å². The largest absolute Gasteiger partial charge is 0.389 e. The highest BCUT2D eigenvalue weighted by Crippen LogP contribution is 2.11. The number of ketones is 1. The van der Waals surface area contributed by atoms with Crippen molar-refractivity contribution in [1.82, 2.24) is 0 Å². The summed E-state index contributed by atoms with van der Waals surface area (Å²) in [6, 6.07) is 0. The van der Waals surface area contributed by atoms with E-state index in [9.17, 15) is 4.79 Å². The molecule has 0 unspecified atom stereocenters. The average molecular weight is 200 g/mol. The normalized spacial score (nSPS) is 14.6. The lowest BCUT2D eigenvalue weighted by molar-refractivity contribution is -0.113. The second kappa shape index (κ2) is 5.60. The zero-order valence-electron chi connectivity index (χ0n) is 8.10. The summed E-state index contributed by atoms with van der Waals surface area (Å²) < 4.78 is 0. The van der Waals surface area contributed by atoms with Gasteiger partial charge in [0.15, 0.2) is 5.78 Å². The van der Waals surface area contributed by atoms with E-state index in [2.05, 4.69) is 0 Å². The lowest BCUT2D eigenvalue weighted by Crippen LogP contribution is -1.97. The highest BCUT2D eigenvalue weighted by molar-refractivity contribution is 6.29. The Balaban J connectivity index is 5.12. The van der Waals surface area contributed by atoms with Crippen molar-refractivity contribution >= 4 is 17.4 Å². The van der Waals surface area contributed by atoms with Crippen molar-refractivity contribution in [3.05, 3.63) is 34.5 Å². The van der Waals surface area contributed by atoms with E-state index >= 15 is 0 Å². The van der Waals surface area contributed by atoms with E-state index in [1.807, 2.05) is 13.0 Å². The molecule has 0 fully saturated rings. The van der Waals surface area contributed by atoms with Gasteiger partial charge in [-0.05, 0) is 38.0 Å². The van der Waals surface area contributed by atoms with Gasteiger partial charge in [-0.25, -0.2) is 0 Å². The van der Waals surface area contributed by atoms with E-state index in [0.717, 1.165) is 5.57 Å². The lowest BCUT2D eigenvalue weighted by atomic mass is 10.1. The van der Waals surface area contributed by atoms with E-state index in [-0.39, 0.29) is 10.9 Å². The van der Waals surface area contributed by atoms with Gasteiger partial charge in [-0.15, -0.1) is 0 Å². The first-order valence-corrected chi connectivity index (χ1v) is 4.34. The predicted molar refractivity (Wildman–Crippen MR) is 56.3 cm³/mol. The van der Waals surface area contributed by atoms with Crippen LogP contribution in [0.4, 0.5) is 0 Å². The summed E-state index contributed by atoms with van der Waals surface area (Å²) >= 11 is 5.52. The number of Topliss-reactive ketones (excluding diaryl/α,β-unsaturated/α-hetero) is 1. The molecule has 0 bridgehead atoms. The van der Waals surface area contributed by atoms with Crippen molar-refractivity contribution in [2.75, 3.05) is 0 Å². The van der Waals surface area contributed by atoms with Gasteiger partial charge in [0, 0.05) is 0 Å². The van der Waals surface area contributed by atoms with Crippen LogP contribution < -0.4 is 5.73 Å². The van der Waals surface area contributed by atoms with E-state index in [4.69, 9.17) is 17.3 Å². The molecule has 0 aromatic heterocycles. The van der Waals surface area contributed by atoms with E-state index in [1.54, 1.807) is 19.1 Å². The summed E-state index contributed by atoms with van der Waals surface area (Å²) in [6.07, 6.45) is 5.20. The van der Waals surface area contributed by atoms with Gasteiger partial charge in [-0.2, -0.15) is 0 Å². The standard InChI is InChI=1S/C10H14ClNO/c1-4-5-9(6-10(11)12)7(2)8(3)13/h4-6H,12H2,1-3H3/b5-4-,9-7+,10-6-. The summed E-state index contributed by atoms with van der Waals surface area (Å²) in [5.74, 6) is 0.0160. The maximum atomic E-state index is 11.0. The van der Waals surface area contributed by atoms with Crippen LogP contribution in [0.2, 0.25) is 0 Å². The highest BCUT2D eigenvalue weighted by Gasteiger charge is 2.01. The minimum absolute atomic E-state index is 0.0160. The molecule has 2 N–H and O–H groups in total. The molecular formula is C10H14ClNO. The molecule has 3 heteroatoms. The Morgan fingerprint density at radius 2 is 1.92 bits per heavy atom. The third kappa shape index (κ3) is 4.53. The Morgan fingerprint density at radius 3 is 2.23 bits per heavy atom. The number of carbonyl (C=O) groups excluding carboxylic acids is 1. The number of halogens is 1. The van der Waals surface area contributed by atoms with Crippen LogP contribution in [0.3, 0.4) is 0 Å². The molecule has 0 aliphatic heterocycles. The second-order valence-corrected chi connectivity index (χ2v) is 3.10. The Hall–Kier alpha value is -1.02. The smallest absolute Gasteiger partial charge is 0.156 e. The summed E-state index contributed by atoms with van der Waals surface area (Å²) in [5.41, 5.74) is 6.72. The van der Waals surface area contributed by atoms with Gasteiger partial charge in [0.05, 0.1) is 5.16 Å². The third-order valence-electron chi connectivity index (χ3n) is 1.60. The fourth-order valence-electron chi connectivity index (χ4n) is 0.813. The predicted octanol–water partition coefficient (Wildman–Crippen LogP) is 2.51. The number of rotatable bonds is 3. The lowest BCUT2D eigenvalue weighted by Gasteiger charge is -2.00. The molecule has 0 aromatic rings. The number of carbonyl (C=O) groups is 1. The summed E-state index contributed by atoms with van der Waals surface area (Å²) in [4.78, 5) is 11.0. The second-order valence-electron chi connectivity index (χ2n) is 2.67. The summed E-state index contributed by atoms with van der Waals surface area (Å²) in [7, 11) is 0. The Bertz CT molecular complexity index is 283. The van der Waals surface area contributed by atoms with Crippen molar-refractivity contribution in [3.8, 4) is 0 Å². The van der Waals surface area contributed by atoms with Gasteiger partial charge in [-0.1, -0.05) is 23.8 Å². The molecule has 0 aliphatic carbocycles. The first-order valence-electron chi connectivity index (χ1n) is 3.96. The van der Waals surface area contributed by atoms with Crippen molar-refractivity contribution in [1.29, 1.82) is 0 Å². The van der Waals surface area contributed by atoms with Crippen molar-refractivity contribution in [2.45, 2.75) is 20.8 Å². The molecule has 0 amide bonds. The van der Waals surface area contributed by atoms with Crippen LogP contribution in [0.1, 0.15) is 20.8 Å². The van der Waals surface area contributed by atoms with Crippen LogP contribution in [0, 0.1) is 0 Å². The third-order valence-corrected chi connectivity index (χ3v) is 1.71. The SMILES string of the molecule is C\C=C/C(/C=C(\N)Cl)=C(/C)C(C)=O. The van der Waals surface area contributed by atoms with Crippen LogP contribution in [-0.2, 0) is 4.79 Å². The minimum Gasteiger partial charge on any atom is -0.389 e. The van der Waals surface area contributed by atoms with Gasteiger partial charge >= 0.3 is 0 Å². The van der Waals surface area contributed by atoms with Crippen LogP contribution >= 0.6 is 11.6 Å². The fourth-order valence-corrected chi connectivity index (χ4v) is 0.930. The molecule has 0 aliphatic rings. The Kier molecular flexibility index (Phi) is 5.16.